The molecule has 0 bridgehead atoms. The third kappa shape index (κ3) is 3.79. The van der Waals surface area contributed by atoms with Crippen molar-refractivity contribution < 1.29 is 19.4 Å². The molecule has 2 N–H and O–H groups in total. The highest BCUT2D eigenvalue weighted by atomic mass is 16.5. The topological polar surface area (TPSA) is 88.5 Å². The normalized spacial score (nSPS) is 9.95. The minimum Gasteiger partial charge on any atom is -0.497 e. The van der Waals surface area contributed by atoms with Gasteiger partial charge in [0.1, 0.15) is 11.4 Å². The third-order valence-electron chi connectivity index (χ3n) is 2.85. The van der Waals surface area contributed by atoms with Crippen molar-refractivity contribution in [2.24, 2.45) is 0 Å². The smallest absolute Gasteiger partial charge is 0.354 e. The van der Waals surface area contributed by atoms with Crippen molar-refractivity contribution in [3.8, 4) is 5.75 Å². The van der Waals surface area contributed by atoms with Crippen LogP contribution in [-0.4, -0.2) is 29.1 Å². The van der Waals surface area contributed by atoms with E-state index < -0.39 is 5.97 Å². The number of pyridine rings is 1. The van der Waals surface area contributed by atoms with Gasteiger partial charge in [0.25, 0.3) is 5.91 Å². The molecule has 0 radical (unpaired) electrons. The van der Waals surface area contributed by atoms with E-state index in [1.807, 2.05) is 12.1 Å². The summed E-state index contributed by atoms with van der Waals surface area (Å²) < 4.78 is 5.05. The summed E-state index contributed by atoms with van der Waals surface area (Å²) in [6, 6.07) is 10.00. The Kier molecular flexibility index (Phi) is 4.50. The van der Waals surface area contributed by atoms with Gasteiger partial charge in [-0.3, -0.25) is 4.79 Å². The second kappa shape index (κ2) is 6.51. The van der Waals surface area contributed by atoms with E-state index in [9.17, 15) is 9.59 Å². The molecule has 6 heteroatoms. The van der Waals surface area contributed by atoms with Gasteiger partial charge in [0, 0.05) is 18.3 Å². The van der Waals surface area contributed by atoms with Crippen molar-refractivity contribution in [2.75, 3.05) is 7.11 Å². The standard InChI is InChI=1S/C15H14N2O4/c1-21-12-4-2-10(3-5-12)9-17-14(18)11-6-7-16-13(8-11)15(19)20/h2-8H,9H2,1H3,(H,17,18)(H,19,20). The van der Waals surface area contributed by atoms with Gasteiger partial charge in [0.2, 0.25) is 0 Å². The molecule has 6 nitrogen and oxygen atoms in total. The van der Waals surface area contributed by atoms with Gasteiger partial charge in [0.05, 0.1) is 7.11 Å². The Bertz CT molecular complexity index is 653. The van der Waals surface area contributed by atoms with Crippen LogP contribution >= 0.6 is 0 Å². The van der Waals surface area contributed by atoms with Crippen molar-refractivity contribution in [2.45, 2.75) is 6.54 Å². The molecular formula is C15H14N2O4. The molecule has 21 heavy (non-hydrogen) atoms. The molecule has 1 aromatic carbocycles. The highest BCUT2D eigenvalue weighted by Gasteiger charge is 2.10. The number of aromatic nitrogens is 1. The number of hydrogen-bond acceptors (Lipinski definition) is 4. The largest absolute Gasteiger partial charge is 0.497 e. The summed E-state index contributed by atoms with van der Waals surface area (Å²) in [5.41, 5.74) is 1.01. The Balaban J connectivity index is 2.00. The fraction of sp³-hybridized carbons (Fsp3) is 0.133. The van der Waals surface area contributed by atoms with Crippen LogP contribution in [0, 0.1) is 0 Å². The van der Waals surface area contributed by atoms with Crippen LogP contribution < -0.4 is 10.1 Å². The van der Waals surface area contributed by atoms with Crippen molar-refractivity contribution in [3.05, 3.63) is 59.4 Å². The van der Waals surface area contributed by atoms with Crippen LogP contribution in [0.2, 0.25) is 0 Å². The second-order valence-corrected chi connectivity index (χ2v) is 4.27. The summed E-state index contributed by atoms with van der Waals surface area (Å²) >= 11 is 0. The van der Waals surface area contributed by atoms with Crippen LogP contribution in [0.4, 0.5) is 0 Å². The maximum absolute atomic E-state index is 12.0. The van der Waals surface area contributed by atoms with Crippen LogP contribution in [0.5, 0.6) is 5.75 Å². The minimum absolute atomic E-state index is 0.160. The van der Waals surface area contributed by atoms with Gasteiger partial charge in [-0.15, -0.1) is 0 Å². The number of hydrogen-bond donors (Lipinski definition) is 2. The van der Waals surface area contributed by atoms with Gasteiger partial charge in [-0.1, -0.05) is 12.1 Å². The molecule has 0 aliphatic carbocycles. The molecule has 0 spiro atoms. The van der Waals surface area contributed by atoms with Gasteiger partial charge >= 0.3 is 5.97 Å². The number of carboxylic acid groups (broad SMARTS) is 1. The number of ether oxygens (including phenoxy) is 1. The van der Waals surface area contributed by atoms with Crippen LogP contribution in [-0.2, 0) is 6.54 Å². The first-order chi connectivity index (χ1) is 10.1. The van der Waals surface area contributed by atoms with E-state index in [-0.39, 0.29) is 17.2 Å². The first kappa shape index (κ1) is 14.5. The Morgan fingerprint density at radius 3 is 2.57 bits per heavy atom. The van der Waals surface area contributed by atoms with Gasteiger partial charge in [-0.05, 0) is 29.8 Å². The summed E-state index contributed by atoms with van der Waals surface area (Å²) in [5.74, 6) is -0.777. The van der Waals surface area contributed by atoms with Gasteiger partial charge in [-0.25, -0.2) is 9.78 Å². The van der Waals surface area contributed by atoms with E-state index in [1.54, 1.807) is 19.2 Å². The maximum Gasteiger partial charge on any atom is 0.354 e. The zero-order chi connectivity index (χ0) is 15.2. The quantitative estimate of drug-likeness (QED) is 0.873. The highest BCUT2D eigenvalue weighted by Crippen LogP contribution is 2.11. The first-order valence-electron chi connectivity index (χ1n) is 6.20. The second-order valence-electron chi connectivity index (χ2n) is 4.27. The van der Waals surface area contributed by atoms with Gasteiger partial charge in [-0.2, -0.15) is 0 Å². The van der Waals surface area contributed by atoms with E-state index in [0.717, 1.165) is 11.3 Å². The van der Waals surface area contributed by atoms with Crippen LogP contribution in [0.3, 0.4) is 0 Å². The Morgan fingerprint density at radius 2 is 1.95 bits per heavy atom. The van der Waals surface area contributed by atoms with Gasteiger partial charge < -0.3 is 15.2 Å². The van der Waals surface area contributed by atoms with Crippen LogP contribution in [0.1, 0.15) is 26.4 Å². The summed E-state index contributed by atoms with van der Waals surface area (Å²) in [6.07, 6.45) is 1.30. The summed E-state index contributed by atoms with van der Waals surface area (Å²) in [5, 5.41) is 11.6. The number of carbonyl (C=O) groups is 2. The number of benzene rings is 1. The molecule has 0 aliphatic heterocycles. The van der Waals surface area contributed by atoms with Crippen molar-refractivity contribution >= 4 is 11.9 Å². The highest BCUT2D eigenvalue weighted by molar-refractivity contribution is 5.96. The monoisotopic (exact) mass is 286 g/mol. The Hall–Kier alpha value is -2.89. The fourth-order valence-electron chi connectivity index (χ4n) is 1.72. The molecular weight excluding hydrogens is 272 g/mol. The average Bonchev–Trinajstić information content (AvgIpc) is 2.53. The fourth-order valence-corrected chi connectivity index (χ4v) is 1.72. The maximum atomic E-state index is 12.0. The Labute approximate surface area is 121 Å². The zero-order valence-electron chi connectivity index (χ0n) is 11.4. The van der Waals surface area contributed by atoms with Crippen molar-refractivity contribution in [3.63, 3.8) is 0 Å². The number of amides is 1. The molecule has 108 valence electrons. The lowest BCUT2D eigenvalue weighted by Crippen LogP contribution is -2.23. The summed E-state index contributed by atoms with van der Waals surface area (Å²) in [7, 11) is 1.58. The molecule has 0 atom stereocenters. The number of rotatable bonds is 5. The Morgan fingerprint density at radius 1 is 1.24 bits per heavy atom. The number of carboxylic acids is 1. The predicted molar refractivity (Wildman–Crippen MR) is 75.4 cm³/mol. The van der Waals surface area contributed by atoms with Crippen LogP contribution in [0.15, 0.2) is 42.6 Å². The molecule has 1 heterocycles. The number of methoxy groups -OCH3 is 1. The molecule has 0 fully saturated rings. The number of nitrogens with zero attached hydrogens (tertiary/aromatic N) is 1. The molecule has 1 aromatic heterocycles. The molecule has 0 unspecified atom stereocenters. The van der Waals surface area contributed by atoms with E-state index >= 15 is 0 Å². The average molecular weight is 286 g/mol. The lowest BCUT2D eigenvalue weighted by Gasteiger charge is -2.06. The van der Waals surface area contributed by atoms with E-state index in [0.29, 0.717) is 6.54 Å². The molecule has 0 saturated heterocycles. The molecule has 2 aromatic rings. The first-order valence-corrected chi connectivity index (χ1v) is 6.20. The SMILES string of the molecule is COc1ccc(CNC(=O)c2ccnc(C(=O)O)c2)cc1. The third-order valence-corrected chi connectivity index (χ3v) is 2.85. The van der Waals surface area contributed by atoms with E-state index in [1.165, 1.54) is 18.3 Å². The number of aromatic carboxylic acids is 1. The molecule has 0 saturated carbocycles. The number of carbonyl (C=O) groups excluding carboxylic acids is 1. The number of nitrogens with one attached hydrogen (secondary N) is 1. The van der Waals surface area contributed by atoms with Crippen molar-refractivity contribution in [1.82, 2.24) is 10.3 Å². The van der Waals surface area contributed by atoms with Crippen LogP contribution in [0.25, 0.3) is 0 Å². The van der Waals surface area contributed by atoms with Crippen molar-refractivity contribution in [1.29, 1.82) is 0 Å². The van der Waals surface area contributed by atoms with E-state index in [4.69, 9.17) is 9.84 Å². The zero-order valence-corrected chi connectivity index (χ0v) is 11.4. The minimum atomic E-state index is -1.17. The lowest BCUT2D eigenvalue weighted by molar-refractivity contribution is 0.0690. The molecule has 1 amide bonds. The molecule has 0 aliphatic rings. The van der Waals surface area contributed by atoms with Gasteiger partial charge in [0.15, 0.2) is 0 Å². The molecule has 2 rings (SSSR count). The predicted octanol–water partition coefficient (Wildman–Crippen LogP) is 1.72. The summed E-state index contributed by atoms with van der Waals surface area (Å²) in [4.78, 5) is 26.4. The van der Waals surface area contributed by atoms with E-state index in [2.05, 4.69) is 10.3 Å². The summed E-state index contributed by atoms with van der Waals surface area (Å²) in [6.45, 7) is 0.341. The lowest BCUT2D eigenvalue weighted by atomic mass is 10.2.